The topological polar surface area (TPSA) is 37.3 Å². The maximum atomic E-state index is 10.6. The van der Waals surface area contributed by atoms with Gasteiger partial charge >= 0.3 is 5.97 Å². The van der Waals surface area contributed by atoms with Crippen molar-refractivity contribution in [3.8, 4) is 0 Å². The van der Waals surface area contributed by atoms with Crippen LogP contribution in [0.3, 0.4) is 0 Å². The molecule has 0 saturated heterocycles. The van der Waals surface area contributed by atoms with E-state index in [1.54, 1.807) is 0 Å². The fraction of sp³-hybridized carbons (Fsp3) is 0.889. The minimum absolute atomic E-state index is 0.0527. The molecule has 0 bridgehead atoms. The monoisotopic (exact) mass is 188 g/mol. The smallest absolute Gasteiger partial charge is 0.306 e. The third kappa shape index (κ3) is 2.70. The number of carboxylic acids is 1. The summed E-state index contributed by atoms with van der Waals surface area (Å²) in [6.45, 7) is 0. The lowest BCUT2D eigenvalue weighted by Gasteiger charge is -2.25. The summed E-state index contributed by atoms with van der Waals surface area (Å²) in [5, 5.41) is 8.75. The van der Waals surface area contributed by atoms with Crippen molar-refractivity contribution in [2.75, 3.05) is 12.0 Å². The number of thioether (sulfide) groups is 1. The average molecular weight is 188 g/mol. The van der Waals surface area contributed by atoms with Crippen LogP contribution >= 0.6 is 11.8 Å². The molecule has 0 aromatic carbocycles. The van der Waals surface area contributed by atoms with Crippen LogP contribution in [0.25, 0.3) is 0 Å². The molecule has 0 unspecified atom stereocenters. The second kappa shape index (κ2) is 4.75. The minimum Gasteiger partial charge on any atom is -0.481 e. The number of hydrogen-bond acceptors (Lipinski definition) is 2. The molecule has 2 nitrogen and oxygen atoms in total. The summed E-state index contributed by atoms with van der Waals surface area (Å²) in [4.78, 5) is 10.6. The van der Waals surface area contributed by atoms with Crippen LogP contribution in [0, 0.1) is 11.8 Å². The first-order valence-electron chi connectivity index (χ1n) is 4.45. The molecule has 1 N–H and O–H groups in total. The second-order valence-corrected chi connectivity index (χ2v) is 4.42. The van der Waals surface area contributed by atoms with Crippen LogP contribution < -0.4 is 0 Å². The second-order valence-electron chi connectivity index (χ2n) is 3.51. The molecule has 1 rings (SSSR count). The van der Waals surface area contributed by atoms with Crippen molar-refractivity contribution in [2.24, 2.45) is 11.8 Å². The van der Waals surface area contributed by atoms with Gasteiger partial charge in [-0.3, -0.25) is 4.79 Å². The largest absolute Gasteiger partial charge is 0.481 e. The zero-order valence-corrected chi connectivity index (χ0v) is 8.27. The first-order chi connectivity index (χ1) is 5.74. The summed E-state index contributed by atoms with van der Waals surface area (Å²) in [5.41, 5.74) is 0. The van der Waals surface area contributed by atoms with Crippen molar-refractivity contribution in [1.29, 1.82) is 0 Å². The Morgan fingerprint density at radius 3 is 2.42 bits per heavy atom. The molecule has 1 saturated carbocycles. The molecule has 1 aliphatic carbocycles. The van der Waals surface area contributed by atoms with Crippen molar-refractivity contribution >= 4 is 17.7 Å². The molecule has 12 heavy (non-hydrogen) atoms. The van der Waals surface area contributed by atoms with Gasteiger partial charge in [-0.05, 0) is 43.6 Å². The lowest BCUT2D eigenvalue weighted by atomic mass is 9.83. The maximum Gasteiger partial charge on any atom is 0.306 e. The molecule has 0 aromatic rings. The van der Waals surface area contributed by atoms with E-state index in [4.69, 9.17) is 5.11 Å². The van der Waals surface area contributed by atoms with E-state index >= 15 is 0 Å². The highest BCUT2D eigenvalue weighted by Crippen LogP contribution is 2.30. The summed E-state index contributed by atoms with van der Waals surface area (Å²) in [6, 6.07) is 0. The van der Waals surface area contributed by atoms with Crippen LogP contribution in [0.5, 0.6) is 0 Å². The van der Waals surface area contributed by atoms with Gasteiger partial charge in [0.1, 0.15) is 0 Å². The fourth-order valence-electron chi connectivity index (χ4n) is 1.81. The highest BCUT2D eigenvalue weighted by atomic mass is 32.2. The van der Waals surface area contributed by atoms with Gasteiger partial charge in [0.2, 0.25) is 0 Å². The van der Waals surface area contributed by atoms with Gasteiger partial charge in [-0.1, -0.05) is 0 Å². The Bertz CT molecular complexity index is 151. The SMILES string of the molecule is CSCC1CCC(C(=O)O)CC1. The molecule has 0 aliphatic heterocycles. The molecule has 3 heteroatoms. The summed E-state index contributed by atoms with van der Waals surface area (Å²) < 4.78 is 0. The molecule has 1 fully saturated rings. The van der Waals surface area contributed by atoms with Crippen LogP contribution in [0.15, 0.2) is 0 Å². The van der Waals surface area contributed by atoms with E-state index in [9.17, 15) is 4.79 Å². The molecule has 0 heterocycles. The Morgan fingerprint density at radius 1 is 1.42 bits per heavy atom. The van der Waals surface area contributed by atoms with Gasteiger partial charge in [0.25, 0.3) is 0 Å². The Balaban J connectivity index is 2.25. The first kappa shape index (κ1) is 9.90. The van der Waals surface area contributed by atoms with E-state index in [1.165, 1.54) is 5.75 Å². The van der Waals surface area contributed by atoms with Gasteiger partial charge in [0.15, 0.2) is 0 Å². The number of hydrogen-bond donors (Lipinski definition) is 1. The number of rotatable bonds is 3. The lowest BCUT2D eigenvalue weighted by Crippen LogP contribution is -2.22. The van der Waals surface area contributed by atoms with E-state index in [1.807, 2.05) is 11.8 Å². The van der Waals surface area contributed by atoms with Gasteiger partial charge in [-0.25, -0.2) is 0 Å². The van der Waals surface area contributed by atoms with Crippen molar-refractivity contribution in [3.05, 3.63) is 0 Å². The number of aliphatic carboxylic acids is 1. The lowest BCUT2D eigenvalue weighted by molar-refractivity contribution is -0.143. The van der Waals surface area contributed by atoms with E-state index in [0.29, 0.717) is 0 Å². The quantitative estimate of drug-likeness (QED) is 0.738. The fourth-order valence-corrected chi connectivity index (χ4v) is 2.62. The summed E-state index contributed by atoms with van der Waals surface area (Å²) >= 11 is 1.87. The summed E-state index contributed by atoms with van der Waals surface area (Å²) in [5.74, 6) is 1.32. The van der Waals surface area contributed by atoms with Crippen molar-refractivity contribution in [3.63, 3.8) is 0 Å². The van der Waals surface area contributed by atoms with Crippen LogP contribution in [0.4, 0.5) is 0 Å². The predicted molar refractivity (Wildman–Crippen MR) is 51.5 cm³/mol. The van der Waals surface area contributed by atoms with E-state index in [0.717, 1.165) is 31.6 Å². The first-order valence-corrected chi connectivity index (χ1v) is 5.85. The third-order valence-electron chi connectivity index (χ3n) is 2.60. The molecule has 0 radical (unpaired) electrons. The molecule has 70 valence electrons. The van der Waals surface area contributed by atoms with Crippen molar-refractivity contribution < 1.29 is 9.90 Å². The van der Waals surface area contributed by atoms with Gasteiger partial charge in [0, 0.05) is 0 Å². The van der Waals surface area contributed by atoms with Crippen LogP contribution in [0.1, 0.15) is 25.7 Å². The predicted octanol–water partition coefficient (Wildman–Crippen LogP) is 2.24. The van der Waals surface area contributed by atoms with E-state index in [-0.39, 0.29) is 5.92 Å². The van der Waals surface area contributed by atoms with E-state index in [2.05, 4.69) is 6.26 Å². The van der Waals surface area contributed by atoms with E-state index < -0.39 is 5.97 Å². The van der Waals surface area contributed by atoms with Crippen LogP contribution in [0.2, 0.25) is 0 Å². The normalized spacial score (nSPS) is 30.1. The number of carbonyl (C=O) groups is 1. The average Bonchev–Trinajstić information content (AvgIpc) is 2.06. The molecule has 0 aromatic heterocycles. The highest BCUT2D eigenvalue weighted by molar-refractivity contribution is 7.98. The van der Waals surface area contributed by atoms with Gasteiger partial charge in [-0.15, -0.1) is 0 Å². The highest BCUT2D eigenvalue weighted by Gasteiger charge is 2.25. The minimum atomic E-state index is -0.599. The summed E-state index contributed by atoms with van der Waals surface area (Å²) in [7, 11) is 0. The van der Waals surface area contributed by atoms with Gasteiger partial charge in [0.05, 0.1) is 5.92 Å². The van der Waals surface area contributed by atoms with Crippen LogP contribution in [-0.2, 0) is 4.79 Å². The Kier molecular flexibility index (Phi) is 3.92. The molecule has 0 atom stereocenters. The number of carboxylic acid groups (broad SMARTS) is 1. The van der Waals surface area contributed by atoms with Crippen molar-refractivity contribution in [1.82, 2.24) is 0 Å². The molecule has 0 amide bonds. The standard InChI is InChI=1S/C9H16O2S/c1-12-6-7-2-4-8(5-3-7)9(10)11/h7-8H,2-6H2,1H3,(H,10,11). The third-order valence-corrected chi connectivity index (χ3v) is 3.40. The molecular weight excluding hydrogens is 172 g/mol. The Hall–Kier alpha value is -0.180. The summed E-state index contributed by atoms with van der Waals surface area (Å²) in [6.07, 6.45) is 6.11. The van der Waals surface area contributed by atoms with Crippen LogP contribution in [-0.4, -0.2) is 23.1 Å². The zero-order valence-electron chi connectivity index (χ0n) is 7.45. The Labute approximate surface area is 77.7 Å². The maximum absolute atomic E-state index is 10.6. The zero-order chi connectivity index (χ0) is 8.97. The molecule has 0 spiro atoms. The van der Waals surface area contributed by atoms with Gasteiger partial charge in [-0.2, -0.15) is 11.8 Å². The molecular formula is C9H16O2S. The molecule has 1 aliphatic rings. The van der Waals surface area contributed by atoms with Crippen molar-refractivity contribution in [2.45, 2.75) is 25.7 Å². The Morgan fingerprint density at radius 2 is 2.00 bits per heavy atom. The van der Waals surface area contributed by atoms with Gasteiger partial charge < -0.3 is 5.11 Å².